The van der Waals surface area contributed by atoms with E-state index in [4.69, 9.17) is 10.5 Å². The van der Waals surface area contributed by atoms with E-state index in [0.29, 0.717) is 0 Å². The van der Waals surface area contributed by atoms with Crippen LogP contribution in [0.3, 0.4) is 0 Å². The summed E-state index contributed by atoms with van der Waals surface area (Å²) in [6, 6.07) is 0. The Morgan fingerprint density at radius 3 is 2.57 bits per heavy atom. The van der Waals surface area contributed by atoms with Crippen molar-refractivity contribution in [2.45, 2.75) is 51.0 Å². The van der Waals surface area contributed by atoms with Gasteiger partial charge in [-0.3, -0.25) is 4.79 Å². The highest BCUT2D eigenvalue weighted by molar-refractivity contribution is 5.78. The van der Waals surface area contributed by atoms with E-state index < -0.39 is 0 Å². The zero-order valence-corrected chi connectivity index (χ0v) is 9.00. The van der Waals surface area contributed by atoms with E-state index in [1.807, 2.05) is 0 Å². The molecule has 1 unspecified atom stereocenters. The molecule has 3 heteroatoms. The second-order valence-corrected chi connectivity index (χ2v) is 4.21. The Kier molecular flexibility index (Phi) is 4.94. The molecule has 0 heterocycles. The number of carbonyl (C=O) groups excluding carboxylic acids is 1. The van der Waals surface area contributed by atoms with Gasteiger partial charge in [-0.25, -0.2) is 0 Å². The molecule has 1 atom stereocenters. The van der Waals surface area contributed by atoms with E-state index in [9.17, 15) is 4.79 Å². The zero-order valence-electron chi connectivity index (χ0n) is 9.00. The van der Waals surface area contributed by atoms with Crippen LogP contribution >= 0.6 is 0 Å². The van der Waals surface area contributed by atoms with Gasteiger partial charge in [-0.1, -0.05) is 32.1 Å². The van der Waals surface area contributed by atoms with Gasteiger partial charge in [0.2, 0.25) is 5.91 Å². The molecule has 0 spiro atoms. The Bertz CT molecular complexity index is 176. The average Bonchev–Trinajstić information content (AvgIpc) is 2.20. The fourth-order valence-corrected chi connectivity index (χ4v) is 2.24. The predicted octanol–water partition coefficient (Wildman–Crippen LogP) is 1.85. The fourth-order valence-electron chi connectivity index (χ4n) is 2.24. The average molecular weight is 199 g/mol. The molecular formula is C11H21NO2. The van der Waals surface area contributed by atoms with E-state index in [1.54, 1.807) is 7.11 Å². The summed E-state index contributed by atoms with van der Waals surface area (Å²) in [4.78, 5) is 10.9. The number of ether oxygens (including phenoxy) is 1. The molecule has 1 amide bonds. The lowest BCUT2D eigenvalue weighted by Crippen LogP contribution is -2.30. The molecule has 0 aromatic carbocycles. The van der Waals surface area contributed by atoms with Crippen LogP contribution in [0.2, 0.25) is 0 Å². The van der Waals surface area contributed by atoms with Gasteiger partial charge in [-0.2, -0.15) is 0 Å². The molecule has 14 heavy (non-hydrogen) atoms. The van der Waals surface area contributed by atoms with Crippen LogP contribution in [0.15, 0.2) is 0 Å². The Morgan fingerprint density at radius 2 is 2.07 bits per heavy atom. The lowest BCUT2D eigenvalue weighted by molar-refractivity contribution is -0.128. The van der Waals surface area contributed by atoms with Gasteiger partial charge >= 0.3 is 0 Å². The standard InChI is InChI=1S/C11H21NO2/c1-14-10(11(12)13)8-7-9-5-3-2-4-6-9/h9-10H,2-8H2,1H3,(H2,12,13). The number of primary amides is 1. The summed E-state index contributed by atoms with van der Waals surface area (Å²) in [5.74, 6) is 0.462. The monoisotopic (exact) mass is 199 g/mol. The smallest absolute Gasteiger partial charge is 0.246 e. The molecule has 82 valence electrons. The van der Waals surface area contributed by atoms with Crippen molar-refractivity contribution in [3.63, 3.8) is 0 Å². The summed E-state index contributed by atoms with van der Waals surface area (Å²) >= 11 is 0. The summed E-state index contributed by atoms with van der Waals surface area (Å²) in [5.41, 5.74) is 5.20. The van der Waals surface area contributed by atoms with Gasteiger partial charge in [-0.15, -0.1) is 0 Å². The Hall–Kier alpha value is -0.570. The first-order chi connectivity index (χ1) is 6.74. The summed E-state index contributed by atoms with van der Waals surface area (Å²) < 4.78 is 5.03. The molecule has 0 radical (unpaired) electrons. The number of hydrogen-bond donors (Lipinski definition) is 1. The van der Waals surface area contributed by atoms with Crippen molar-refractivity contribution in [2.75, 3.05) is 7.11 Å². The molecule has 1 rings (SSSR count). The van der Waals surface area contributed by atoms with Crippen molar-refractivity contribution in [3.05, 3.63) is 0 Å². The van der Waals surface area contributed by atoms with Crippen LogP contribution in [0, 0.1) is 5.92 Å². The molecule has 0 aromatic rings. The van der Waals surface area contributed by atoms with Crippen molar-refractivity contribution in [3.8, 4) is 0 Å². The zero-order chi connectivity index (χ0) is 10.4. The molecule has 3 nitrogen and oxygen atoms in total. The third-order valence-corrected chi connectivity index (χ3v) is 3.16. The maximum absolute atomic E-state index is 10.9. The van der Waals surface area contributed by atoms with Gasteiger partial charge in [-0.05, 0) is 18.8 Å². The fraction of sp³-hybridized carbons (Fsp3) is 0.909. The Morgan fingerprint density at radius 1 is 1.43 bits per heavy atom. The molecule has 2 N–H and O–H groups in total. The molecule has 0 saturated heterocycles. The summed E-state index contributed by atoms with van der Waals surface area (Å²) in [6.45, 7) is 0. The van der Waals surface area contributed by atoms with Crippen molar-refractivity contribution < 1.29 is 9.53 Å². The minimum absolute atomic E-state index is 0.330. The Balaban J connectivity index is 2.20. The van der Waals surface area contributed by atoms with Crippen LogP contribution in [-0.4, -0.2) is 19.1 Å². The number of carbonyl (C=O) groups is 1. The summed E-state index contributed by atoms with van der Waals surface area (Å²) in [5, 5.41) is 0. The number of amides is 1. The van der Waals surface area contributed by atoms with Gasteiger partial charge in [0.1, 0.15) is 6.10 Å². The van der Waals surface area contributed by atoms with Crippen molar-refractivity contribution in [1.82, 2.24) is 0 Å². The van der Waals surface area contributed by atoms with Crippen molar-refractivity contribution in [2.24, 2.45) is 11.7 Å². The molecule has 1 fully saturated rings. The third kappa shape index (κ3) is 3.66. The van der Waals surface area contributed by atoms with Crippen LogP contribution < -0.4 is 5.73 Å². The topological polar surface area (TPSA) is 52.3 Å². The molecule has 1 saturated carbocycles. The predicted molar refractivity (Wildman–Crippen MR) is 55.8 cm³/mol. The summed E-state index contributed by atoms with van der Waals surface area (Å²) in [6.07, 6.45) is 8.19. The van der Waals surface area contributed by atoms with E-state index in [1.165, 1.54) is 32.1 Å². The van der Waals surface area contributed by atoms with E-state index >= 15 is 0 Å². The van der Waals surface area contributed by atoms with Gasteiger partial charge in [0, 0.05) is 7.11 Å². The number of nitrogens with two attached hydrogens (primary N) is 1. The SMILES string of the molecule is COC(CCC1CCCCC1)C(N)=O. The lowest BCUT2D eigenvalue weighted by atomic mass is 9.85. The molecule has 0 aromatic heterocycles. The van der Waals surface area contributed by atoms with Gasteiger partial charge in [0.15, 0.2) is 0 Å². The number of methoxy groups -OCH3 is 1. The lowest BCUT2D eigenvalue weighted by Gasteiger charge is -2.22. The summed E-state index contributed by atoms with van der Waals surface area (Å²) in [7, 11) is 1.55. The van der Waals surface area contributed by atoms with Crippen molar-refractivity contribution >= 4 is 5.91 Å². The van der Waals surface area contributed by atoms with Gasteiger partial charge < -0.3 is 10.5 Å². The highest BCUT2D eigenvalue weighted by Crippen LogP contribution is 2.27. The van der Waals surface area contributed by atoms with Crippen LogP contribution in [0.4, 0.5) is 0 Å². The van der Waals surface area contributed by atoms with Crippen LogP contribution in [0.25, 0.3) is 0 Å². The molecule has 0 aliphatic heterocycles. The minimum atomic E-state index is -0.378. The number of rotatable bonds is 5. The quantitative estimate of drug-likeness (QED) is 0.734. The van der Waals surface area contributed by atoms with E-state index in [2.05, 4.69) is 0 Å². The maximum Gasteiger partial charge on any atom is 0.246 e. The number of hydrogen-bond acceptors (Lipinski definition) is 2. The largest absolute Gasteiger partial charge is 0.372 e. The van der Waals surface area contributed by atoms with E-state index in [0.717, 1.165) is 18.8 Å². The maximum atomic E-state index is 10.9. The van der Waals surface area contributed by atoms with E-state index in [-0.39, 0.29) is 12.0 Å². The molecule has 0 bridgehead atoms. The third-order valence-electron chi connectivity index (χ3n) is 3.16. The molecule has 1 aliphatic carbocycles. The first-order valence-corrected chi connectivity index (χ1v) is 5.56. The van der Waals surface area contributed by atoms with Crippen molar-refractivity contribution in [1.29, 1.82) is 0 Å². The first kappa shape index (κ1) is 11.5. The Labute approximate surface area is 86.0 Å². The van der Waals surface area contributed by atoms with Crippen LogP contribution in [0.1, 0.15) is 44.9 Å². The highest BCUT2D eigenvalue weighted by Gasteiger charge is 2.18. The first-order valence-electron chi connectivity index (χ1n) is 5.56. The van der Waals surface area contributed by atoms with Crippen LogP contribution in [0.5, 0.6) is 0 Å². The van der Waals surface area contributed by atoms with Gasteiger partial charge in [0.05, 0.1) is 0 Å². The van der Waals surface area contributed by atoms with Gasteiger partial charge in [0.25, 0.3) is 0 Å². The normalized spacial score (nSPS) is 20.6. The molecule has 1 aliphatic rings. The molecular weight excluding hydrogens is 178 g/mol. The van der Waals surface area contributed by atoms with Crippen LogP contribution in [-0.2, 0) is 9.53 Å². The highest BCUT2D eigenvalue weighted by atomic mass is 16.5. The minimum Gasteiger partial charge on any atom is -0.372 e. The second-order valence-electron chi connectivity index (χ2n) is 4.21. The second kappa shape index (κ2) is 6.02.